The summed E-state index contributed by atoms with van der Waals surface area (Å²) in [5, 5.41) is 0.530. The third-order valence-corrected chi connectivity index (χ3v) is 7.74. The largest absolute Gasteiger partial charge is 0.456 e. The van der Waals surface area contributed by atoms with Gasteiger partial charge in [-0.25, -0.2) is 9.37 Å². The number of nitrogens with zero attached hydrogens (tertiary/aromatic N) is 2. The summed E-state index contributed by atoms with van der Waals surface area (Å²) in [4.78, 5) is 12.4. The van der Waals surface area contributed by atoms with Crippen LogP contribution >= 0.6 is 11.6 Å². The summed E-state index contributed by atoms with van der Waals surface area (Å²) in [6.45, 7) is 3.75. The standard InChI is InChI=1S/C27H29ClFN3O4/c1-14-12-34-25-22(13-35-24(14)25)36-27-31-21-11-18(28)20(30-26(21)32-27)10-17-6-5-16-8-15(4-3-7-33-2)9-19(29)23(16)17/h3-4,8-9,11,14,17,22,24-25H,5-7,10,12-13H2,1-2H3,(H,30,31,32)/b4-3+/t14-,17-,22-,24-,25-/m1/s1. The van der Waals surface area contributed by atoms with Crippen molar-refractivity contribution in [3.05, 3.63) is 57.5 Å². The highest BCUT2D eigenvalue weighted by Gasteiger charge is 2.47. The van der Waals surface area contributed by atoms with Crippen molar-refractivity contribution in [1.29, 1.82) is 0 Å². The summed E-state index contributed by atoms with van der Waals surface area (Å²) >= 11 is 6.61. The summed E-state index contributed by atoms with van der Waals surface area (Å²) in [5.41, 5.74) is 4.59. The minimum Gasteiger partial charge on any atom is -0.456 e. The molecule has 2 fully saturated rings. The molecule has 0 spiro atoms. The van der Waals surface area contributed by atoms with Gasteiger partial charge in [0.25, 0.3) is 6.01 Å². The smallest absolute Gasteiger partial charge is 0.296 e. The molecule has 0 radical (unpaired) electrons. The number of aryl methyl sites for hydroxylation is 1. The highest BCUT2D eigenvalue weighted by Crippen LogP contribution is 2.39. The zero-order valence-electron chi connectivity index (χ0n) is 20.3. The number of methoxy groups -OCH3 is 1. The summed E-state index contributed by atoms with van der Waals surface area (Å²) < 4.78 is 38.0. The predicted octanol–water partition coefficient (Wildman–Crippen LogP) is 4.86. The lowest BCUT2D eigenvalue weighted by Crippen LogP contribution is -2.33. The van der Waals surface area contributed by atoms with E-state index in [-0.39, 0.29) is 30.0 Å². The molecular formula is C27H29ClFN3O4. The van der Waals surface area contributed by atoms with E-state index in [2.05, 4.69) is 23.0 Å². The quantitative estimate of drug-likeness (QED) is 0.486. The van der Waals surface area contributed by atoms with Crippen LogP contribution in [0.1, 0.15) is 41.6 Å². The molecule has 36 heavy (non-hydrogen) atoms. The molecule has 0 unspecified atom stereocenters. The molecule has 1 aliphatic carbocycles. The lowest BCUT2D eigenvalue weighted by Gasteiger charge is -2.15. The van der Waals surface area contributed by atoms with Crippen molar-refractivity contribution in [3.63, 3.8) is 0 Å². The molecule has 9 heteroatoms. The molecule has 2 saturated heterocycles. The number of fused-ring (bicyclic) bond motifs is 3. The topological polar surface area (TPSA) is 78.5 Å². The van der Waals surface area contributed by atoms with Gasteiger partial charge < -0.3 is 23.9 Å². The van der Waals surface area contributed by atoms with Gasteiger partial charge in [-0.2, -0.15) is 4.98 Å². The minimum atomic E-state index is -0.220. The van der Waals surface area contributed by atoms with Crippen LogP contribution in [0.5, 0.6) is 6.01 Å². The number of aromatic amines is 1. The van der Waals surface area contributed by atoms with Crippen molar-refractivity contribution in [2.75, 3.05) is 26.9 Å². The Balaban J connectivity index is 1.20. The maximum atomic E-state index is 15.1. The Morgan fingerprint density at radius 3 is 2.92 bits per heavy atom. The molecule has 0 bridgehead atoms. The zero-order valence-corrected chi connectivity index (χ0v) is 21.1. The fraction of sp³-hybridized carbons (Fsp3) is 0.481. The van der Waals surface area contributed by atoms with Gasteiger partial charge in [0.2, 0.25) is 0 Å². The molecule has 0 amide bonds. The Hall–Kier alpha value is -2.52. The van der Waals surface area contributed by atoms with E-state index < -0.39 is 0 Å². The van der Waals surface area contributed by atoms with Gasteiger partial charge in [0.15, 0.2) is 11.8 Å². The van der Waals surface area contributed by atoms with Gasteiger partial charge >= 0.3 is 0 Å². The number of aromatic nitrogens is 3. The van der Waals surface area contributed by atoms with E-state index in [0.29, 0.717) is 60.1 Å². The van der Waals surface area contributed by atoms with Crippen LogP contribution in [0.3, 0.4) is 0 Å². The first kappa shape index (κ1) is 23.9. The Bertz CT molecular complexity index is 1310. The molecule has 1 aromatic carbocycles. The monoisotopic (exact) mass is 513 g/mol. The second-order valence-electron chi connectivity index (χ2n) is 9.93. The maximum absolute atomic E-state index is 15.1. The number of rotatable bonds is 7. The van der Waals surface area contributed by atoms with Crippen molar-refractivity contribution >= 4 is 28.8 Å². The number of ether oxygens (including phenoxy) is 4. The lowest BCUT2D eigenvalue weighted by atomic mass is 9.94. The van der Waals surface area contributed by atoms with Crippen LogP contribution in [0.15, 0.2) is 24.3 Å². The van der Waals surface area contributed by atoms with E-state index in [1.807, 2.05) is 18.2 Å². The zero-order chi connectivity index (χ0) is 24.8. The normalized spacial score (nSPS) is 27.3. The summed E-state index contributed by atoms with van der Waals surface area (Å²) in [6, 6.07) is 5.84. The first-order valence-corrected chi connectivity index (χ1v) is 12.8. The molecule has 3 aromatic rings. The Morgan fingerprint density at radius 1 is 1.19 bits per heavy atom. The molecule has 7 nitrogen and oxygen atoms in total. The van der Waals surface area contributed by atoms with Crippen molar-refractivity contribution < 1.29 is 23.3 Å². The molecule has 4 heterocycles. The van der Waals surface area contributed by atoms with E-state index in [1.54, 1.807) is 13.2 Å². The van der Waals surface area contributed by atoms with Gasteiger partial charge in [-0.3, -0.25) is 0 Å². The van der Waals surface area contributed by atoms with E-state index in [0.717, 1.165) is 29.5 Å². The molecule has 0 saturated carbocycles. The van der Waals surface area contributed by atoms with E-state index in [4.69, 9.17) is 35.5 Å². The summed E-state index contributed by atoms with van der Waals surface area (Å²) in [6.07, 6.45) is 5.75. The second kappa shape index (κ2) is 9.74. The highest BCUT2D eigenvalue weighted by molar-refractivity contribution is 6.31. The predicted molar refractivity (Wildman–Crippen MR) is 134 cm³/mol. The van der Waals surface area contributed by atoms with Gasteiger partial charge in [0.05, 0.1) is 42.2 Å². The number of halogens is 2. The molecule has 6 rings (SSSR count). The lowest BCUT2D eigenvalue weighted by molar-refractivity contribution is 0.0262. The molecular weight excluding hydrogens is 485 g/mol. The number of pyridine rings is 1. The Morgan fingerprint density at radius 2 is 2.06 bits per heavy atom. The van der Waals surface area contributed by atoms with Crippen LogP contribution in [-0.2, 0) is 27.1 Å². The average molecular weight is 514 g/mol. The number of benzene rings is 1. The van der Waals surface area contributed by atoms with E-state index in [9.17, 15) is 0 Å². The van der Waals surface area contributed by atoms with Gasteiger partial charge in [0, 0.05) is 13.0 Å². The summed E-state index contributed by atoms with van der Waals surface area (Å²) in [5.74, 6) is 0.190. The van der Waals surface area contributed by atoms with E-state index in [1.165, 1.54) is 0 Å². The molecule has 1 N–H and O–H groups in total. The third-order valence-electron chi connectivity index (χ3n) is 7.42. The second-order valence-corrected chi connectivity index (χ2v) is 10.3. The van der Waals surface area contributed by atoms with Crippen molar-refractivity contribution in [2.24, 2.45) is 5.92 Å². The number of hydrogen-bond acceptors (Lipinski definition) is 6. The van der Waals surface area contributed by atoms with Crippen LogP contribution in [-0.4, -0.2) is 60.2 Å². The van der Waals surface area contributed by atoms with Gasteiger partial charge in [0.1, 0.15) is 11.9 Å². The molecule has 3 aliphatic rings. The highest BCUT2D eigenvalue weighted by atomic mass is 35.5. The number of nitrogens with one attached hydrogen (secondary N) is 1. The number of imidazole rings is 1. The average Bonchev–Trinajstić information content (AvgIpc) is 3.61. The molecule has 190 valence electrons. The molecule has 2 aliphatic heterocycles. The van der Waals surface area contributed by atoms with E-state index >= 15 is 4.39 Å². The van der Waals surface area contributed by atoms with Crippen LogP contribution in [0.4, 0.5) is 4.39 Å². The van der Waals surface area contributed by atoms with Crippen LogP contribution < -0.4 is 4.74 Å². The van der Waals surface area contributed by atoms with Gasteiger partial charge in [-0.05, 0) is 54.0 Å². The minimum absolute atomic E-state index is 0.0168. The van der Waals surface area contributed by atoms with Crippen molar-refractivity contribution in [2.45, 2.75) is 50.4 Å². The first-order valence-electron chi connectivity index (χ1n) is 12.4. The van der Waals surface area contributed by atoms with Crippen LogP contribution in [0.2, 0.25) is 5.02 Å². The van der Waals surface area contributed by atoms with Gasteiger partial charge in [-0.15, -0.1) is 0 Å². The third kappa shape index (κ3) is 4.41. The number of hydrogen-bond donors (Lipinski definition) is 1. The maximum Gasteiger partial charge on any atom is 0.296 e. The van der Waals surface area contributed by atoms with Crippen molar-refractivity contribution in [1.82, 2.24) is 15.0 Å². The fourth-order valence-corrected chi connectivity index (χ4v) is 5.91. The number of H-pyrrole nitrogens is 1. The molecule has 2 aromatic heterocycles. The van der Waals surface area contributed by atoms with Crippen LogP contribution in [0, 0.1) is 11.7 Å². The van der Waals surface area contributed by atoms with Crippen molar-refractivity contribution in [3.8, 4) is 6.01 Å². The first-order chi connectivity index (χ1) is 17.5. The molecule has 5 atom stereocenters. The van der Waals surface area contributed by atoms with Gasteiger partial charge in [-0.1, -0.05) is 36.7 Å². The Kier molecular flexibility index (Phi) is 6.46. The SMILES string of the molecule is COC/C=C/c1cc(F)c2c(c1)CC[C@@H]2Cc1nc2nc(O[C@@H]3CO[C@H]4[C@@H]3OC[C@H]4C)[nH]c2cc1Cl. The summed E-state index contributed by atoms with van der Waals surface area (Å²) in [7, 11) is 1.63. The Labute approximate surface area is 214 Å². The fourth-order valence-electron chi connectivity index (χ4n) is 5.68. The van der Waals surface area contributed by atoms with Crippen LogP contribution in [0.25, 0.3) is 17.2 Å².